The molecule has 0 saturated carbocycles. The zero-order valence-electron chi connectivity index (χ0n) is 9.43. The number of aromatic nitrogens is 1. The standard InChI is InChI=1S/C10H16N2O2S2/c1-7(16(2,13)14)10-12-9(6-15-10)8-4-3-5-11-8/h6-8,11H,3-5H2,1-2H3/t7?,8-/m1/s1. The normalized spacial score (nSPS) is 23.5. The Morgan fingerprint density at radius 2 is 2.38 bits per heavy atom. The van der Waals surface area contributed by atoms with Crippen LogP contribution in [-0.2, 0) is 9.84 Å². The highest BCUT2D eigenvalue weighted by Gasteiger charge is 2.24. The van der Waals surface area contributed by atoms with E-state index in [1.54, 1.807) is 6.92 Å². The van der Waals surface area contributed by atoms with Crippen LogP contribution in [0.3, 0.4) is 0 Å². The lowest BCUT2D eigenvalue weighted by atomic mass is 10.2. The highest BCUT2D eigenvalue weighted by Crippen LogP contribution is 2.29. The van der Waals surface area contributed by atoms with Crippen molar-refractivity contribution in [2.45, 2.75) is 31.1 Å². The fourth-order valence-corrected chi connectivity index (χ4v) is 3.69. The first-order valence-electron chi connectivity index (χ1n) is 5.36. The van der Waals surface area contributed by atoms with E-state index < -0.39 is 15.1 Å². The maximum absolute atomic E-state index is 11.4. The van der Waals surface area contributed by atoms with Crippen molar-refractivity contribution in [1.29, 1.82) is 0 Å². The Labute approximate surface area is 100 Å². The summed E-state index contributed by atoms with van der Waals surface area (Å²) in [5.41, 5.74) is 0.994. The van der Waals surface area contributed by atoms with Crippen LogP contribution in [0.5, 0.6) is 0 Å². The molecular weight excluding hydrogens is 244 g/mol. The monoisotopic (exact) mass is 260 g/mol. The summed E-state index contributed by atoms with van der Waals surface area (Å²) >= 11 is 1.44. The van der Waals surface area contributed by atoms with Crippen LogP contribution in [0.25, 0.3) is 0 Å². The lowest BCUT2D eigenvalue weighted by molar-refractivity contribution is 0.590. The van der Waals surface area contributed by atoms with Gasteiger partial charge in [-0.05, 0) is 26.3 Å². The quantitative estimate of drug-likeness (QED) is 0.898. The molecule has 1 aliphatic heterocycles. The van der Waals surface area contributed by atoms with Gasteiger partial charge in [0.1, 0.15) is 10.3 Å². The van der Waals surface area contributed by atoms with Gasteiger partial charge in [-0.3, -0.25) is 0 Å². The van der Waals surface area contributed by atoms with Gasteiger partial charge in [-0.25, -0.2) is 13.4 Å². The van der Waals surface area contributed by atoms with Crippen LogP contribution in [0.1, 0.15) is 41.8 Å². The number of rotatable bonds is 3. The Balaban J connectivity index is 2.19. The summed E-state index contributed by atoms with van der Waals surface area (Å²) in [4.78, 5) is 4.44. The summed E-state index contributed by atoms with van der Waals surface area (Å²) in [7, 11) is -3.04. The Morgan fingerprint density at radius 3 is 2.94 bits per heavy atom. The molecule has 1 aliphatic rings. The summed E-state index contributed by atoms with van der Waals surface area (Å²) < 4.78 is 22.8. The van der Waals surface area contributed by atoms with Crippen LogP contribution in [0.4, 0.5) is 0 Å². The SMILES string of the molecule is CC(c1nc([C@H]2CCCN2)cs1)S(C)(=O)=O. The first-order chi connectivity index (χ1) is 7.48. The van der Waals surface area contributed by atoms with Crippen molar-refractivity contribution in [3.8, 4) is 0 Å². The van der Waals surface area contributed by atoms with E-state index in [0.29, 0.717) is 11.0 Å². The van der Waals surface area contributed by atoms with Crippen molar-refractivity contribution >= 4 is 21.2 Å². The smallest absolute Gasteiger partial charge is 0.156 e. The molecule has 1 N–H and O–H groups in total. The largest absolute Gasteiger partial charge is 0.309 e. The Morgan fingerprint density at radius 1 is 1.62 bits per heavy atom. The topological polar surface area (TPSA) is 59.1 Å². The minimum Gasteiger partial charge on any atom is -0.309 e. The Kier molecular flexibility index (Phi) is 3.32. The molecule has 1 saturated heterocycles. The van der Waals surface area contributed by atoms with Gasteiger partial charge < -0.3 is 5.32 Å². The van der Waals surface area contributed by atoms with Crippen LogP contribution in [0.2, 0.25) is 0 Å². The van der Waals surface area contributed by atoms with E-state index in [1.807, 2.05) is 5.38 Å². The first-order valence-corrected chi connectivity index (χ1v) is 8.19. The molecule has 2 rings (SSSR count). The van der Waals surface area contributed by atoms with Gasteiger partial charge in [0.25, 0.3) is 0 Å². The molecule has 90 valence electrons. The summed E-state index contributed by atoms with van der Waals surface area (Å²) in [6.07, 6.45) is 3.52. The van der Waals surface area contributed by atoms with Gasteiger partial charge in [0.15, 0.2) is 9.84 Å². The van der Waals surface area contributed by atoms with E-state index in [4.69, 9.17) is 0 Å². The molecule has 4 nitrogen and oxygen atoms in total. The molecule has 2 heterocycles. The zero-order chi connectivity index (χ0) is 11.8. The van der Waals surface area contributed by atoms with E-state index in [2.05, 4.69) is 10.3 Å². The number of hydrogen-bond donors (Lipinski definition) is 1. The number of nitrogens with zero attached hydrogens (tertiary/aromatic N) is 1. The molecule has 1 fully saturated rings. The van der Waals surface area contributed by atoms with Gasteiger partial charge in [0.2, 0.25) is 0 Å². The summed E-state index contributed by atoms with van der Waals surface area (Å²) in [6, 6.07) is 0.316. The molecule has 1 unspecified atom stereocenters. The molecule has 0 spiro atoms. The molecule has 0 aliphatic carbocycles. The third-order valence-electron chi connectivity index (χ3n) is 2.95. The van der Waals surface area contributed by atoms with Crippen LogP contribution >= 0.6 is 11.3 Å². The van der Waals surface area contributed by atoms with Crippen LogP contribution in [0, 0.1) is 0 Å². The van der Waals surface area contributed by atoms with E-state index in [-0.39, 0.29) is 0 Å². The zero-order valence-corrected chi connectivity index (χ0v) is 11.1. The molecule has 16 heavy (non-hydrogen) atoms. The number of sulfone groups is 1. The van der Waals surface area contributed by atoms with E-state index in [9.17, 15) is 8.42 Å². The van der Waals surface area contributed by atoms with Crippen LogP contribution in [0.15, 0.2) is 5.38 Å². The molecule has 0 aromatic carbocycles. The lowest BCUT2D eigenvalue weighted by Crippen LogP contribution is -2.13. The second kappa shape index (κ2) is 4.43. The third-order valence-corrected chi connectivity index (χ3v) is 5.65. The Hall–Kier alpha value is -0.460. The van der Waals surface area contributed by atoms with Crippen molar-refractivity contribution in [1.82, 2.24) is 10.3 Å². The van der Waals surface area contributed by atoms with Gasteiger partial charge in [-0.2, -0.15) is 0 Å². The molecule has 1 aromatic heterocycles. The molecular formula is C10H16N2O2S2. The van der Waals surface area contributed by atoms with E-state index in [0.717, 1.165) is 18.7 Å². The maximum atomic E-state index is 11.4. The molecule has 2 atom stereocenters. The van der Waals surface area contributed by atoms with Crippen molar-refractivity contribution in [2.75, 3.05) is 12.8 Å². The first kappa shape index (κ1) is 12.0. The summed E-state index contributed by atoms with van der Waals surface area (Å²) in [5.74, 6) is 0. The molecule has 6 heteroatoms. The van der Waals surface area contributed by atoms with E-state index in [1.165, 1.54) is 24.0 Å². The number of hydrogen-bond acceptors (Lipinski definition) is 5. The Bertz CT molecular complexity index is 461. The van der Waals surface area contributed by atoms with Crippen LogP contribution in [-0.4, -0.2) is 26.2 Å². The fourth-order valence-electron chi connectivity index (χ4n) is 1.77. The van der Waals surface area contributed by atoms with Gasteiger partial charge in [-0.1, -0.05) is 0 Å². The second-order valence-electron chi connectivity index (χ2n) is 4.23. The molecule has 0 amide bonds. The van der Waals surface area contributed by atoms with Gasteiger partial charge in [0, 0.05) is 11.6 Å². The predicted molar refractivity (Wildman–Crippen MR) is 65.4 cm³/mol. The highest BCUT2D eigenvalue weighted by molar-refractivity contribution is 7.91. The van der Waals surface area contributed by atoms with Gasteiger partial charge in [0.05, 0.1) is 11.7 Å². The van der Waals surface area contributed by atoms with Crippen molar-refractivity contribution < 1.29 is 8.42 Å². The number of thiazole rings is 1. The minimum absolute atomic E-state index is 0.316. The fraction of sp³-hybridized carbons (Fsp3) is 0.700. The third kappa shape index (κ3) is 2.44. The highest BCUT2D eigenvalue weighted by atomic mass is 32.2. The van der Waals surface area contributed by atoms with Crippen LogP contribution < -0.4 is 5.32 Å². The maximum Gasteiger partial charge on any atom is 0.156 e. The van der Waals surface area contributed by atoms with E-state index >= 15 is 0 Å². The van der Waals surface area contributed by atoms with Crippen molar-refractivity contribution in [2.24, 2.45) is 0 Å². The van der Waals surface area contributed by atoms with Gasteiger partial charge in [-0.15, -0.1) is 11.3 Å². The van der Waals surface area contributed by atoms with Crippen molar-refractivity contribution in [3.05, 3.63) is 16.1 Å². The number of nitrogens with one attached hydrogen (secondary N) is 1. The average Bonchev–Trinajstić information content (AvgIpc) is 2.85. The minimum atomic E-state index is -3.04. The molecule has 0 bridgehead atoms. The van der Waals surface area contributed by atoms with Gasteiger partial charge >= 0.3 is 0 Å². The summed E-state index contributed by atoms with van der Waals surface area (Å²) in [5, 5.41) is 5.54. The molecule has 0 radical (unpaired) electrons. The average molecular weight is 260 g/mol. The van der Waals surface area contributed by atoms with Crippen molar-refractivity contribution in [3.63, 3.8) is 0 Å². The molecule has 1 aromatic rings. The second-order valence-corrected chi connectivity index (χ2v) is 7.49. The predicted octanol–water partition coefficient (Wildman–Crippen LogP) is 1.67. The summed E-state index contributed by atoms with van der Waals surface area (Å²) in [6.45, 7) is 2.72. The lowest BCUT2D eigenvalue weighted by Gasteiger charge is -2.07.